The molecule has 10 aromatic carbocycles. The molecule has 0 saturated carbocycles. The quantitative estimate of drug-likeness (QED) is 0.159. The van der Waals surface area contributed by atoms with Gasteiger partial charge in [-0.05, 0) is 111 Å². The van der Waals surface area contributed by atoms with Gasteiger partial charge >= 0.3 is 0 Å². The summed E-state index contributed by atoms with van der Waals surface area (Å²) < 4.78 is 2.75. The van der Waals surface area contributed by atoms with Gasteiger partial charge in [-0.2, -0.15) is 0 Å². The van der Waals surface area contributed by atoms with E-state index in [4.69, 9.17) is 0 Å². The van der Waals surface area contributed by atoms with Crippen LogP contribution in [0.15, 0.2) is 182 Å². The van der Waals surface area contributed by atoms with Crippen molar-refractivity contribution < 1.29 is 0 Å². The van der Waals surface area contributed by atoms with Gasteiger partial charge in [0.15, 0.2) is 0 Å². The van der Waals surface area contributed by atoms with Crippen molar-refractivity contribution in [2.75, 3.05) is 0 Å². The monoisotopic (exact) mass is 728 g/mol. The second-order valence-corrected chi connectivity index (χ2v) is 16.9. The van der Waals surface area contributed by atoms with Gasteiger partial charge in [0.05, 0.1) is 0 Å². The Morgan fingerprint density at radius 3 is 1.54 bits per heavy atom. The molecule has 0 radical (unpaired) electrons. The normalized spacial score (nSPS) is 13.3. The van der Waals surface area contributed by atoms with Crippen LogP contribution in [0.1, 0.15) is 25.0 Å². The van der Waals surface area contributed by atoms with E-state index in [1.165, 1.54) is 119 Å². The molecule has 56 heavy (non-hydrogen) atoms. The maximum absolute atomic E-state index is 2.53. The van der Waals surface area contributed by atoms with Crippen LogP contribution in [0.5, 0.6) is 0 Å². The number of benzene rings is 10. The van der Waals surface area contributed by atoms with E-state index in [2.05, 4.69) is 196 Å². The fourth-order valence-corrected chi connectivity index (χ4v) is 11.5. The Kier molecular flexibility index (Phi) is 6.66. The van der Waals surface area contributed by atoms with Crippen LogP contribution in [-0.2, 0) is 5.41 Å². The first kappa shape index (κ1) is 31.8. The molecule has 0 saturated heterocycles. The minimum absolute atomic E-state index is 0.192. The van der Waals surface area contributed by atoms with E-state index in [1.54, 1.807) is 0 Å². The second-order valence-electron chi connectivity index (χ2n) is 15.9. The summed E-state index contributed by atoms with van der Waals surface area (Å²) in [6.07, 6.45) is 0. The lowest BCUT2D eigenvalue weighted by Crippen LogP contribution is -2.15. The van der Waals surface area contributed by atoms with Crippen LogP contribution < -0.4 is 0 Å². The number of rotatable bonds is 3. The molecule has 0 aliphatic heterocycles. The predicted octanol–water partition coefficient (Wildman–Crippen LogP) is 16.0. The van der Waals surface area contributed by atoms with Gasteiger partial charge < -0.3 is 0 Å². The lowest BCUT2D eigenvalue weighted by molar-refractivity contribution is 0.667. The molecule has 262 valence electrons. The fraction of sp³-hybridized carbons (Fsp3) is 0.0545. The Morgan fingerprint density at radius 1 is 0.357 bits per heavy atom. The van der Waals surface area contributed by atoms with Gasteiger partial charge in [-0.15, -0.1) is 11.3 Å². The molecular formula is C55H36S. The number of thiophene rings is 1. The standard InChI is InChI=1S/C55H36S/c1-55(2)47-32-34(28-29-45(47)51-52-46-26-14-15-27-48(46)56-54(52)44-25-13-12-24-43(44)53(51)55)49-38-20-8-10-22-40(38)50(41-23-11-9-21-39(41)49)42-31-30-35(33-16-4-3-5-17-33)36-18-6-7-19-37(36)42/h3-32H,1-2H3. The summed E-state index contributed by atoms with van der Waals surface area (Å²) in [5.41, 5.74) is 13.1. The zero-order valence-corrected chi connectivity index (χ0v) is 32.0. The number of fused-ring (bicyclic) bond motifs is 13. The molecule has 0 nitrogen and oxygen atoms in total. The van der Waals surface area contributed by atoms with E-state index in [0.717, 1.165) is 0 Å². The Balaban J connectivity index is 1.13. The van der Waals surface area contributed by atoms with Gasteiger partial charge in [-0.3, -0.25) is 0 Å². The summed E-state index contributed by atoms with van der Waals surface area (Å²) in [7, 11) is 0. The van der Waals surface area contributed by atoms with Crippen molar-refractivity contribution in [1.29, 1.82) is 0 Å². The molecule has 0 atom stereocenters. The zero-order chi connectivity index (χ0) is 37.1. The molecule has 1 aliphatic rings. The topological polar surface area (TPSA) is 0 Å². The fourth-order valence-electron chi connectivity index (χ4n) is 10.2. The van der Waals surface area contributed by atoms with Crippen LogP contribution in [-0.4, -0.2) is 0 Å². The highest BCUT2D eigenvalue weighted by atomic mass is 32.1. The first-order valence-corrected chi connectivity index (χ1v) is 20.4. The first-order valence-electron chi connectivity index (χ1n) is 19.6. The molecule has 1 heterocycles. The molecule has 12 rings (SSSR count). The summed E-state index contributed by atoms with van der Waals surface area (Å²) in [6.45, 7) is 4.88. The van der Waals surface area contributed by atoms with E-state index in [0.29, 0.717) is 0 Å². The summed E-state index contributed by atoms with van der Waals surface area (Å²) in [5, 5.41) is 13.2. The van der Waals surface area contributed by atoms with Crippen molar-refractivity contribution in [2.45, 2.75) is 19.3 Å². The Bertz CT molecular complexity index is 3380. The lowest BCUT2D eigenvalue weighted by atomic mass is 9.78. The summed E-state index contributed by atoms with van der Waals surface area (Å²) in [4.78, 5) is 0. The van der Waals surface area contributed by atoms with Crippen LogP contribution in [0.3, 0.4) is 0 Å². The summed E-state index contributed by atoms with van der Waals surface area (Å²) in [5.74, 6) is 0. The van der Waals surface area contributed by atoms with Gasteiger partial charge in [0.25, 0.3) is 0 Å². The SMILES string of the molecule is CC1(C)c2cc(-c3c4ccccc4c(-c4ccc(-c5ccccc5)c5ccccc45)c4ccccc34)ccc2-c2c1c1ccccc1c1sc3ccccc3c21. The highest BCUT2D eigenvalue weighted by Gasteiger charge is 2.39. The van der Waals surface area contributed by atoms with Crippen LogP contribution in [0.25, 0.3) is 108 Å². The van der Waals surface area contributed by atoms with Crippen LogP contribution in [0, 0.1) is 0 Å². The van der Waals surface area contributed by atoms with Crippen LogP contribution in [0.2, 0.25) is 0 Å². The van der Waals surface area contributed by atoms with E-state index in [-0.39, 0.29) is 5.41 Å². The third-order valence-electron chi connectivity index (χ3n) is 12.6. The van der Waals surface area contributed by atoms with Gasteiger partial charge in [-0.1, -0.05) is 184 Å². The van der Waals surface area contributed by atoms with Crippen molar-refractivity contribution >= 4 is 74.6 Å². The summed E-state index contributed by atoms with van der Waals surface area (Å²) in [6, 6.07) is 68.0. The molecule has 1 aromatic heterocycles. The second kappa shape index (κ2) is 11.7. The highest BCUT2D eigenvalue weighted by molar-refractivity contribution is 7.26. The van der Waals surface area contributed by atoms with Gasteiger partial charge in [0.2, 0.25) is 0 Å². The van der Waals surface area contributed by atoms with E-state index < -0.39 is 0 Å². The average Bonchev–Trinajstić information content (AvgIpc) is 3.75. The molecule has 0 N–H and O–H groups in total. The van der Waals surface area contributed by atoms with E-state index >= 15 is 0 Å². The number of hydrogen-bond donors (Lipinski definition) is 0. The van der Waals surface area contributed by atoms with Crippen molar-refractivity contribution in [1.82, 2.24) is 0 Å². The molecule has 0 bridgehead atoms. The smallest absolute Gasteiger partial charge is 0.0440 e. The zero-order valence-electron chi connectivity index (χ0n) is 31.2. The largest absolute Gasteiger partial charge is 0.135 e. The number of hydrogen-bond acceptors (Lipinski definition) is 1. The van der Waals surface area contributed by atoms with E-state index in [9.17, 15) is 0 Å². The van der Waals surface area contributed by atoms with Crippen molar-refractivity contribution in [3.63, 3.8) is 0 Å². The average molecular weight is 729 g/mol. The predicted molar refractivity (Wildman–Crippen MR) is 243 cm³/mol. The van der Waals surface area contributed by atoms with Crippen LogP contribution >= 0.6 is 11.3 Å². The molecule has 0 amide bonds. The summed E-state index contributed by atoms with van der Waals surface area (Å²) >= 11 is 1.93. The Hall–Kier alpha value is -6.54. The van der Waals surface area contributed by atoms with Crippen molar-refractivity contribution in [3.8, 4) is 44.5 Å². The van der Waals surface area contributed by atoms with Crippen LogP contribution in [0.4, 0.5) is 0 Å². The first-order chi connectivity index (χ1) is 27.6. The minimum Gasteiger partial charge on any atom is -0.135 e. The molecular weight excluding hydrogens is 693 g/mol. The molecule has 11 aromatic rings. The van der Waals surface area contributed by atoms with E-state index in [1.807, 2.05) is 11.3 Å². The maximum Gasteiger partial charge on any atom is 0.0440 e. The third kappa shape index (κ3) is 4.29. The molecule has 0 spiro atoms. The Labute approximate surface area is 329 Å². The third-order valence-corrected chi connectivity index (χ3v) is 13.8. The van der Waals surface area contributed by atoms with Crippen molar-refractivity contribution in [3.05, 3.63) is 193 Å². The van der Waals surface area contributed by atoms with Gasteiger partial charge in [0, 0.05) is 25.6 Å². The van der Waals surface area contributed by atoms with Gasteiger partial charge in [0.1, 0.15) is 0 Å². The molecule has 1 heteroatoms. The highest BCUT2D eigenvalue weighted by Crippen LogP contribution is 2.58. The minimum atomic E-state index is -0.192. The molecule has 0 fully saturated rings. The maximum atomic E-state index is 2.53. The Morgan fingerprint density at radius 2 is 0.857 bits per heavy atom. The van der Waals surface area contributed by atoms with Crippen molar-refractivity contribution in [2.24, 2.45) is 0 Å². The van der Waals surface area contributed by atoms with Gasteiger partial charge in [-0.25, -0.2) is 0 Å². The molecule has 1 aliphatic carbocycles. The lowest BCUT2D eigenvalue weighted by Gasteiger charge is -2.24. The molecule has 0 unspecified atom stereocenters.